The number of nitrogens with zero attached hydrogens (tertiary/aromatic N) is 3. The van der Waals surface area contributed by atoms with E-state index in [2.05, 4.69) is 10.3 Å². The van der Waals surface area contributed by atoms with Gasteiger partial charge in [-0.15, -0.1) is 0 Å². The van der Waals surface area contributed by atoms with Gasteiger partial charge in [-0.3, -0.25) is 9.78 Å². The van der Waals surface area contributed by atoms with E-state index in [1.165, 1.54) is 0 Å². The minimum Gasteiger partial charge on any atom is -0.444 e. The van der Waals surface area contributed by atoms with Crippen molar-refractivity contribution < 1.29 is 19.1 Å². The summed E-state index contributed by atoms with van der Waals surface area (Å²) < 4.78 is 11.6. The highest BCUT2D eigenvalue weighted by molar-refractivity contribution is 6.33. The molecule has 0 spiro atoms. The van der Waals surface area contributed by atoms with Crippen LogP contribution >= 0.6 is 11.6 Å². The van der Waals surface area contributed by atoms with Gasteiger partial charge in [-0.05, 0) is 69.0 Å². The number of hydrogen-bond donors (Lipinski definition) is 2. The third-order valence-electron chi connectivity index (χ3n) is 7.50. The second kappa shape index (κ2) is 15.2. The van der Waals surface area contributed by atoms with Crippen LogP contribution in [0.15, 0.2) is 85.2 Å². The zero-order chi connectivity index (χ0) is 33.4. The summed E-state index contributed by atoms with van der Waals surface area (Å²) in [5.41, 5.74) is 8.85. The number of hydrogen-bond acceptors (Lipinski definition) is 7. The number of carbonyl (C=O) groups excluding carboxylic acids is 2. The molecule has 0 atom stereocenters. The first-order chi connectivity index (χ1) is 22.6. The van der Waals surface area contributed by atoms with Crippen LogP contribution in [0, 0.1) is 0 Å². The average molecular weight is 654 g/mol. The summed E-state index contributed by atoms with van der Waals surface area (Å²) in [6.07, 6.45) is 4.55. The van der Waals surface area contributed by atoms with Crippen molar-refractivity contribution in [3.8, 4) is 11.1 Å². The molecule has 0 radical (unpaired) electrons. The Morgan fingerprint density at radius 3 is 2.47 bits per heavy atom. The van der Waals surface area contributed by atoms with Crippen LogP contribution in [0.5, 0.6) is 0 Å². The molecule has 10 heteroatoms. The van der Waals surface area contributed by atoms with Gasteiger partial charge in [-0.25, -0.2) is 9.78 Å². The van der Waals surface area contributed by atoms with Crippen molar-refractivity contribution in [1.29, 1.82) is 0 Å². The summed E-state index contributed by atoms with van der Waals surface area (Å²) in [5, 5.41) is 6.82. The van der Waals surface area contributed by atoms with E-state index in [1.54, 1.807) is 29.4 Å². The summed E-state index contributed by atoms with van der Waals surface area (Å²) in [5.74, 6) is 0.212. The molecular weight excluding hydrogens is 614 g/mol. The van der Waals surface area contributed by atoms with Crippen molar-refractivity contribution in [2.24, 2.45) is 5.73 Å². The van der Waals surface area contributed by atoms with Crippen LogP contribution in [0.25, 0.3) is 32.8 Å². The van der Waals surface area contributed by atoms with Gasteiger partial charge in [0.15, 0.2) is 0 Å². The van der Waals surface area contributed by atoms with E-state index >= 15 is 0 Å². The first-order valence-electron chi connectivity index (χ1n) is 15.7. The van der Waals surface area contributed by atoms with Gasteiger partial charge in [0.1, 0.15) is 11.4 Å². The molecule has 0 bridgehead atoms. The van der Waals surface area contributed by atoms with Crippen LogP contribution in [-0.2, 0) is 16.0 Å². The molecule has 3 N–H and O–H groups in total. The van der Waals surface area contributed by atoms with Gasteiger partial charge in [-0.2, -0.15) is 0 Å². The van der Waals surface area contributed by atoms with Gasteiger partial charge in [0.25, 0.3) is 0 Å². The highest BCUT2D eigenvalue weighted by Crippen LogP contribution is 2.30. The maximum atomic E-state index is 13.1. The highest BCUT2D eigenvalue weighted by atomic mass is 35.5. The number of ether oxygens (including phenoxy) is 2. The van der Waals surface area contributed by atoms with Crippen molar-refractivity contribution in [2.45, 2.75) is 45.8 Å². The lowest BCUT2D eigenvalue weighted by Crippen LogP contribution is -2.37. The van der Waals surface area contributed by atoms with E-state index in [-0.39, 0.29) is 6.09 Å². The largest absolute Gasteiger partial charge is 0.444 e. The second-order valence-corrected chi connectivity index (χ2v) is 12.7. The third kappa shape index (κ3) is 8.96. The zero-order valence-corrected chi connectivity index (χ0v) is 27.7. The number of anilines is 1. The molecule has 0 saturated heterocycles. The van der Waals surface area contributed by atoms with Gasteiger partial charge in [-0.1, -0.05) is 60.1 Å². The molecule has 0 aliphatic heterocycles. The molecule has 0 aliphatic rings. The molecule has 0 unspecified atom stereocenters. The van der Waals surface area contributed by atoms with E-state index in [9.17, 15) is 9.59 Å². The number of aromatic nitrogens is 2. The number of halogens is 1. The Bertz CT molecular complexity index is 1860. The van der Waals surface area contributed by atoms with Gasteiger partial charge in [0.2, 0.25) is 5.91 Å². The molecule has 0 fully saturated rings. The van der Waals surface area contributed by atoms with Crippen LogP contribution in [0.2, 0.25) is 5.02 Å². The fourth-order valence-corrected chi connectivity index (χ4v) is 5.58. The number of primary amides is 1. The van der Waals surface area contributed by atoms with Crippen molar-refractivity contribution in [2.75, 3.05) is 31.6 Å². The standard InChI is InChI=1S/C37H40ClN5O4/c1-37(2,3)47-36(45)43(24-25-11-13-28(32(38)21-25)26-9-5-4-6-10-26)18-8-20-46-19-7-16-41-35-30-15-17-40-23-31(30)29-14-12-27(34(39)44)22-33(29)42-35/h4-6,9-15,17,21-23H,7-8,16,18-20,24H2,1-3H3,(H2,39,44)(H,41,42). The van der Waals surface area contributed by atoms with Crippen LogP contribution < -0.4 is 11.1 Å². The topological polar surface area (TPSA) is 120 Å². The summed E-state index contributed by atoms with van der Waals surface area (Å²) in [6.45, 7) is 8.08. The van der Waals surface area contributed by atoms with E-state index in [1.807, 2.05) is 81.4 Å². The minimum absolute atomic E-state index is 0.372. The molecule has 244 valence electrons. The predicted molar refractivity (Wildman–Crippen MR) is 188 cm³/mol. The molecule has 0 saturated carbocycles. The average Bonchev–Trinajstić information content (AvgIpc) is 3.04. The van der Waals surface area contributed by atoms with Gasteiger partial charge in [0, 0.05) is 77.5 Å². The van der Waals surface area contributed by atoms with Crippen molar-refractivity contribution >= 4 is 51.1 Å². The molecular formula is C37H40ClN5O4. The maximum absolute atomic E-state index is 13.1. The van der Waals surface area contributed by atoms with Gasteiger partial charge < -0.3 is 25.4 Å². The van der Waals surface area contributed by atoms with Crippen LogP contribution in [0.3, 0.4) is 0 Å². The number of nitrogens with two attached hydrogens (primary N) is 1. The second-order valence-electron chi connectivity index (χ2n) is 12.3. The monoisotopic (exact) mass is 653 g/mol. The summed E-state index contributed by atoms with van der Waals surface area (Å²) in [7, 11) is 0. The van der Waals surface area contributed by atoms with Crippen LogP contribution in [0.1, 0.15) is 49.5 Å². The molecule has 5 rings (SSSR count). The number of amides is 2. The molecule has 0 aliphatic carbocycles. The number of fused-ring (bicyclic) bond motifs is 3. The van der Waals surface area contributed by atoms with E-state index in [0.717, 1.165) is 39.3 Å². The molecule has 47 heavy (non-hydrogen) atoms. The van der Waals surface area contributed by atoms with Gasteiger partial charge in [0.05, 0.1) is 5.52 Å². The number of rotatable bonds is 13. The Morgan fingerprint density at radius 1 is 0.936 bits per heavy atom. The number of nitrogens with one attached hydrogen (secondary N) is 1. The summed E-state index contributed by atoms with van der Waals surface area (Å²) in [6, 6.07) is 23.0. The lowest BCUT2D eigenvalue weighted by molar-refractivity contribution is 0.0211. The molecule has 2 aromatic heterocycles. The van der Waals surface area contributed by atoms with Crippen molar-refractivity contribution in [3.63, 3.8) is 0 Å². The third-order valence-corrected chi connectivity index (χ3v) is 7.81. The number of carbonyl (C=O) groups is 2. The highest BCUT2D eigenvalue weighted by Gasteiger charge is 2.22. The quantitative estimate of drug-likeness (QED) is 0.0981. The SMILES string of the molecule is CC(C)(C)OC(=O)N(CCCOCCCNc1nc2cc(C(N)=O)ccc2c2cnccc12)Cc1ccc(-c2ccccc2)c(Cl)c1. The molecule has 5 aromatic rings. The fraction of sp³-hybridized carbons (Fsp3) is 0.297. The normalized spacial score (nSPS) is 11.5. The minimum atomic E-state index is -0.612. The smallest absolute Gasteiger partial charge is 0.410 e. The van der Waals surface area contributed by atoms with Gasteiger partial charge >= 0.3 is 6.09 Å². The lowest BCUT2D eigenvalue weighted by Gasteiger charge is -2.27. The van der Waals surface area contributed by atoms with Crippen LogP contribution in [0.4, 0.5) is 10.6 Å². The number of pyridine rings is 2. The summed E-state index contributed by atoms with van der Waals surface area (Å²) in [4.78, 5) is 35.5. The maximum Gasteiger partial charge on any atom is 0.410 e. The molecule has 3 aromatic carbocycles. The van der Waals surface area contributed by atoms with Crippen molar-refractivity contribution in [1.82, 2.24) is 14.9 Å². The Hall–Kier alpha value is -4.73. The molecule has 2 heterocycles. The van der Waals surface area contributed by atoms with Crippen LogP contribution in [-0.4, -0.2) is 58.8 Å². The fourth-order valence-electron chi connectivity index (χ4n) is 5.27. The molecule has 9 nitrogen and oxygen atoms in total. The Labute approximate surface area is 280 Å². The molecule has 2 amide bonds. The number of benzene rings is 3. The first kappa shape index (κ1) is 33.6. The van der Waals surface area contributed by atoms with Crippen molar-refractivity contribution in [3.05, 3.63) is 101 Å². The summed E-state index contributed by atoms with van der Waals surface area (Å²) >= 11 is 6.65. The predicted octanol–water partition coefficient (Wildman–Crippen LogP) is 7.85. The Kier molecular flexibility index (Phi) is 10.9. The first-order valence-corrected chi connectivity index (χ1v) is 16.1. The van der Waals surface area contributed by atoms with E-state index in [0.29, 0.717) is 61.2 Å². The Morgan fingerprint density at radius 2 is 1.72 bits per heavy atom. The zero-order valence-electron chi connectivity index (χ0n) is 27.0. The van der Waals surface area contributed by atoms with E-state index < -0.39 is 11.5 Å². The Balaban J connectivity index is 1.13. The van der Waals surface area contributed by atoms with E-state index in [4.69, 9.17) is 31.8 Å². The lowest BCUT2D eigenvalue weighted by atomic mass is 10.0.